The molecule has 0 bridgehead atoms. The maximum absolute atomic E-state index is 15.3. The van der Waals surface area contributed by atoms with Gasteiger partial charge in [-0.3, -0.25) is 4.79 Å². The summed E-state index contributed by atoms with van der Waals surface area (Å²) in [5.41, 5.74) is 1.21. The molecule has 0 spiro atoms. The maximum Gasteiger partial charge on any atom is 0.341 e. The van der Waals surface area contributed by atoms with Crippen LogP contribution < -0.4 is 21.0 Å². The van der Waals surface area contributed by atoms with Crippen LogP contribution in [0.25, 0.3) is 44.1 Å². The molecule has 0 radical (unpaired) electrons. The van der Waals surface area contributed by atoms with Crippen molar-refractivity contribution >= 4 is 50.3 Å². The number of benzene rings is 1. The highest BCUT2D eigenvalue weighted by Crippen LogP contribution is 2.42. The first-order chi connectivity index (χ1) is 18.9. The number of fused-ring (bicyclic) bond motifs is 4. The van der Waals surface area contributed by atoms with Crippen LogP contribution in [0.5, 0.6) is 0 Å². The standard InChI is InChI=1S/C28H29F2N7O3/c1-28(2,12-31-3)37-11-16(27(39)40)24(38)14-7-13(9-34-26(14)37)15-10-33-25-20(23(15)36(5)6)19-21(30)17(29)8-18(32-4)22(19)35-25/h7-11,31-32H,12H2,1-6H3,(H,33,35)(H,39,40). The van der Waals surface area contributed by atoms with E-state index in [1.54, 1.807) is 56.1 Å². The van der Waals surface area contributed by atoms with Gasteiger partial charge in [-0.05, 0) is 27.0 Å². The van der Waals surface area contributed by atoms with E-state index in [1.807, 2.05) is 13.8 Å². The van der Waals surface area contributed by atoms with Gasteiger partial charge in [0.15, 0.2) is 11.6 Å². The normalized spacial score (nSPS) is 12.0. The van der Waals surface area contributed by atoms with Gasteiger partial charge in [-0.2, -0.15) is 0 Å². The number of hydrogen-bond donors (Lipinski definition) is 4. The van der Waals surface area contributed by atoms with E-state index in [4.69, 9.17) is 0 Å². The Balaban J connectivity index is 1.88. The fourth-order valence-corrected chi connectivity index (χ4v) is 5.30. The lowest BCUT2D eigenvalue weighted by Crippen LogP contribution is -2.38. The number of pyridine rings is 3. The summed E-state index contributed by atoms with van der Waals surface area (Å²) in [7, 11) is 6.91. The number of nitrogens with zero attached hydrogens (tertiary/aromatic N) is 4. The van der Waals surface area contributed by atoms with Crippen LogP contribution in [0.2, 0.25) is 0 Å². The average Bonchev–Trinajstić information content (AvgIpc) is 3.29. The van der Waals surface area contributed by atoms with Gasteiger partial charge < -0.3 is 30.2 Å². The molecule has 12 heteroatoms. The molecule has 0 saturated heterocycles. The highest BCUT2D eigenvalue weighted by atomic mass is 19.2. The van der Waals surface area contributed by atoms with Crippen molar-refractivity contribution in [2.45, 2.75) is 19.4 Å². The van der Waals surface area contributed by atoms with Crippen LogP contribution in [0.15, 0.2) is 35.5 Å². The molecule has 0 atom stereocenters. The predicted molar refractivity (Wildman–Crippen MR) is 153 cm³/mol. The molecule has 5 aromatic rings. The number of rotatable bonds is 7. The molecule has 40 heavy (non-hydrogen) atoms. The third-order valence-electron chi connectivity index (χ3n) is 7.13. The van der Waals surface area contributed by atoms with Crippen molar-refractivity contribution < 1.29 is 18.7 Å². The van der Waals surface area contributed by atoms with Crippen molar-refractivity contribution in [2.75, 3.05) is 45.0 Å². The van der Waals surface area contributed by atoms with Crippen molar-refractivity contribution in [3.63, 3.8) is 0 Å². The molecule has 1 aromatic carbocycles. The number of carboxylic acids is 1. The molecular formula is C28H29F2N7O3. The van der Waals surface area contributed by atoms with Gasteiger partial charge in [0, 0.05) is 63.5 Å². The Morgan fingerprint density at radius 2 is 1.88 bits per heavy atom. The van der Waals surface area contributed by atoms with Crippen LogP contribution in [0.1, 0.15) is 24.2 Å². The lowest BCUT2D eigenvalue weighted by atomic mass is 10.00. The van der Waals surface area contributed by atoms with Gasteiger partial charge in [0.25, 0.3) is 0 Å². The molecule has 4 N–H and O–H groups in total. The Labute approximate surface area is 227 Å². The molecule has 4 aromatic heterocycles. The number of carboxylic acid groups (broad SMARTS) is 1. The fraction of sp³-hybridized carbons (Fsp3) is 0.286. The van der Waals surface area contributed by atoms with Gasteiger partial charge in [0.05, 0.1) is 38.6 Å². The number of aromatic amines is 1. The first kappa shape index (κ1) is 27.0. The Kier molecular flexibility index (Phi) is 6.45. The average molecular weight is 550 g/mol. The van der Waals surface area contributed by atoms with Crippen LogP contribution in [0.4, 0.5) is 20.2 Å². The van der Waals surface area contributed by atoms with E-state index in [2.05, 4.69) is 25.6 Å². The number of anilines is 2. The van der Waals surface area contributed by atoms with Crippen LogP contribution in [0.3, 0.4) is 0 Å². The minimum Gasteiger partial charge on any atom is -0.477 e. The van der Waals surface area contributed by atoms with E-state index in [0.29, 0.717) is 51.2 Å². The molecule has 208 valence electrons. The molecule has 0 aliphatic rings. The molecule has 0 fully saturated rings. The number of likely N-dealkylation sites (N-methyl/N-ethyl adjacent to an activating group) is 1. The number of aromatic carboxylic acids is 1. The van der Waals surface area contributed by atoms with E-state index < -0.39 is 28.6 Å². The molecule has 0 saturated carbocycles. The molecule has 0 amide bonds. The second kappa shape index (κ2) is 9.56. The zero-order chi connectivity index (χ0) is 29.1. The van der Waals surface area contributed by atoms with Crippen LogP contribution in [-0.2, 0) is 5.54 Å². The van der Waals surface area contributed by atoms with Crippen LogP contribution >= 0.6 is 0 Å². The molecule has 0 unspecified atom stereocenters. The second-order valence-corrected chi connectivity index (χ2v) is 10.5. The van der Waals surface area contributed by atoms with E-state index >= 15 is 4.39 Å². The summed E-state index contributed by atoms with van der Waals surface area (Å²) in [5.74, 6) is -3.37. The first-order valence-electron chi connectivity index (χ1n) is 12.5. The maximum atomic E-state index is 15.3. The summed E-state index contributed by atoms with van der Waals surface area (Å²) in [6.45, 7) is 4.29. The minimum atomic E-state index is -1.35. The first-order valence-corrected chi connectivity index (χ1v) is 12.5. The Morgan fingerprint density at radius 3 is 2.50 bits per heavy atom. The van der Waals surface area contributed by atoms with Crippen molar-refractivity contribution in [1.82, 2.24) is 24.8 Å². The minimum absolute atomic E-state index is 0.0375. The zero-order valence-corrected chi connectivity index (χ0v) is 22.9. The largest absolute Gasteiger partial charge is 0.477 e. The highest BCUT2D eigenvalue weighted by molar-refractivity contribution is 6.18. The SMILES string of the molecule is CNCC(C)(C)n1cc(C(=O)O)c(=O)c2cc(-c3cnc4[nH]c5c(NC)cc(F)c(F)c5c4c3N(C)C)cnc21. The van der Waals surface area contributed by atoms with E-state index in [-0.39, 0.29) is 16.3 Å². The van der Waals surface area contributed by atoms with E-state index in [0.717, 1.165) is 6.07 Å². The van der Waals surface area contributed by atoms with Crippen molar-refractivity contribution in [1.29, 1.82) is 0 Å². The summed E-state index contributed by atoms with van der Waals surface area (Å²) in [6.07, 6.45) is 4.45. The van der Waals surface area contributed by atoms with Crippen molar-refractivity contribution in [3.8, 4) is 11.1 Å². The third kappa shape index (κ3) is 4.02. The second-order valence-electron chi connectivity index (χ2n) is 10.5. The van der Waals surface area contributed by atoms with Crippen molar-refractivity contribution in [3.05, 3.63) is 58.1 Å². The molecule has 0 aliphatic heterocycles. The number of carbonyl (C=O) groups is 1. The number of H-pyrrole nitrogens is 1. The van der Waals surface area contributed by atoms with Gasteiger partial charge >= 0.3 is 5.97 Å². The van der Waals surface area contributed by atoms with E-state index in [1.165, 1.54) is 6.20 Å². The summed E-state index contributed by atoms with van der Waals surface area (Å²) < 4.78 is 31.6. The number of nitrogens with one attached hydrogen (secondary N) is 3. The van der Waals surface area contributed by atoms with E-state index in [9.17, 15) is 19.1 Å². The van der Waals surface area contributed by atoms with Gasteiger partial charge in [-0.25, -0.2) is 23.5 Å². The topological polar surface area (TPSA) is 128 Å². The summed E-state index contributed by atoms with van der Waals surface area (Å²) in [5, 5.41) is 16.3. The Bertz CT molecular complexity index is 1890. The molecule has 0 aliphatic carbocycles. The smallest absolute Gasteiger partial charge is 0.341 e. The zero-order valence-electron chi connectivity index (χ0n) is 22.9. The van der Waals surface area contributed by atoms with Gasteiger partial charge in [-0.15, -0.1) is 0 Å². The Morgan fingerprint density at radius 1 is 1.15 bits per heavy atom. The molecule has 4 heterocycles. The number of aromatic nitrogens is 4. The number of halogens is 2. The third-order valence-corrected chi connectivity index (χ3v) is 7.13. The summed E-state index contributed by atoms with van der Waals surface area (Å²) in [4.78, 5) is 39.3. The van der Waals surface area contributed by atoms with Gasteiger partial charge in [0.1, 0.15) is 16.9 Å². The fourth-order valence-electron chi connectivity index (χ4n) is 5.30. The monoisotopic (exact) mass is 549 g/mol. The van der Waals surface area contributed by atoms with Crippen LogP contribution in [0, 0.1) is 11.6 Å². The van der Waals surface area contributed by atoms with Crippen molar-refractivity contribution in [2.24, 2.45) is 0 Å². The predicted octanol–water partition coefficient (Wildman–Crippen LogP) is 4.13. The molecule has 10 nitrogen and oxygen atoms in total. The van der Waals surface area contributed by atoms with Crippen LogP contribution in [-0.4, -0.2) is 65.3 Å². The summed E-state index contributed by atoms with van der Waals surface area (Å²) >= 11 is 0. The molecule has 5 rings (SSSR count). The molecular weight excluding hydrogens is 520 g/mol. The lowest BCUT2D eigenvalue weighted by Gasteiger charge is -2.29. The Hall–Kier alpha value is -4.58. The number of hydrogen-bond acceptors (Lipinski definition) is 7. The quantitative estimate of drug-likeness (QED) is 0.239. The van der Waals surface area contributed by atoms with Gasteiger partial charge in [0.2, 0.25) is 5.43 Å². The van der Waals surface area contributed by atoms with Gasteiger partial charge in [-0.1, -0.05) is 0 Å². The lowest BCUT2D eigenvalue weighted by molar-refractivity contribution is 0.0694. The highest BCUT2D eigenvalue weighted by Gasteiger charge is 2.27. The summed E-state index contributed by atoms with van der Waals surface area (Å²) in [6, 6.07) is 2.65.